The number of methoxy groups -OCH3 is 1. The molecule has 0 radical (unpaired) electrons. The summed E-state index contributed by atoms with van der Waals surface area (Å²) < 4.78 is 17.4. The molecule has 13 heavy (non-hydrogen) atoms. The lowest BCUT2D eigenvalue weighted by molar-refractivity contribution is 0.0596. The number of benzene rings is 1. The predicted molar refractivity (Wildman–Crippen MR) is 43.8 cm³/mol. The Hall–Kier alpha value is -1.78. The molecule has 0 bridgehead atoms. The van der Waals surface area contributed by atoms with Crippen molar-refractivity contribution >= 4 is 11.7 Å². The zero-order chi connectivity index (χ0) is 10.0. The molecule has 0 aliphatic carbocycles. The zero-order valence-corrected chi connectivity index (χ0v) is 6.87. The van der Waals surface area contributed by atoms with Gasteiger partial charge in [-0.05, 0) is 12.1 Å². The minimum absolute atomic E-state index is 0.0675. The lowest BCUT2D eigenvalue weighted by Crippen LogP contribution is -2.08. The van der Waals surface area contributed by atoms with Crippen molar-refractivity contribution in [1.29, 1.82) is 0 Å². The second-order valence-corrected chi connectivity index (χ2v) is 2.35. The maximum atomic E-state index is 13.1. The summed E-state index contributed by atoms with van der Waals surface area (Å²) in [6, 6.07) is 2.29. The summed E-state index contributed by atoms with van der Waals surface area (Å²) in [6.07, 6.45) is 0. The van der Waals surface area contributed by atoms with Gasteiger partial charge in [0.15, 0.2) is 11.6 Å². The van der Waals surface area contributed by atoms with E-state index < -0.39 is 23.1 Å². The van der Waals surface area contributed by atoms with Crippen LogP contribution in [0.5, 0.6) is 5.75 Å². The predicted octanol–water partition coefficient (Wildman–Crippen LogP) is 0.900. The molecule has 0 aromatic heterocycles. The number of nitrogen functional groups attached to an aromatic ring is 1. The van der Waals surface area contributed by atoms with E-state index in [2.05, 4.69) is 4.74 Å². The van der Waals surface area contributed by atoms with Crippen LogP contribution in [0.25, 0.3) is 0 Å². The van der Waals surface area contributed by atoms with Gasteiger partial charge in [0, 0.05) is 5.69 Å². The van der Waals surface area contributed by atoms with Crippen LogP contribution in [-0.4, -0.2) is 18.2 Å². The van der Waals surface area contributed by atoms with E-state index in [0.717, 1.165) is 13.2 Å². The Morgan fingerprint density at radius 2 is 2.23 bits per heavy atom. The molecule has 0 amide bonds. The summed E-state index contributed by atoms with van der Waals surface area (Å²) in [5.41, 5.74) is 4.81. The summed E-state index contributed by atoms with van der Waals surface area (Å²) in [6.45, 7) is 0. The SMILES string of the molecule is COC(=O)c1c(N)ccc(O)c1F. The number of carbonyl (C=O) groups excluding carboxylic acids is 1. The average Bonchev–Trinajstić information content (AvgIpc) is 2.12. The van der Waals surface area contributed by atoms with Gasteiger partial charge in [0.25, 0.3) is 0 Å². The van der Waals surface area contributed by atoms with Crippen LogP contribution in [0.4, 0.5) is 10.1 Å². The fraction of sp³-hybridized carbons (Fsp3) is 0.125. The minimum atomic E-state index is -1.06. The third-order valence-electron chi connectivity index (χ3n) is 1.54. The van der Waals surface area contributed by atoms with E-state index >= 15 is 0 Å². The van der Waals surface area contributed by atoms with Gasteiger partial charge in [-0.3, -0.25) is 0 Å². The molecular formula is C8H8FNO3. The number of halogens is 1. The van der Waals surface area contributed by atoms with Crippen LogP contribution < -0.4 is 5.73 Å². The van der Waals surface area contributed by atoms with Crippen molar-refractivity contribution < 1.29 is 19.0 Å². The van der Waals surface area contributed by atoms with Crippen LogP contribution in [0.2, 0.25) is 0 Å². The number of phenols is 1. The highest BCUT2D eigenvalue weighted by Crippen LogP contribution is 2.24. The van der Waals surface area contributed by atoms with Crippen molar-refractivity contribution in [3.8, 4) is 5.75 Å². The zero-order valence-electron chi connectivity index (χ0n) is 6.87. The molecule has 0 aliphatic rings. The Bertz CT molecular complexity index is 351. The monoisotopic (exact) mass is 185 g/mol. The van der Waals surface area contributed by atoms with Gasteiger partial charge >= 0.3 is 5.97 Å². The summed E-state index contributed by atoms with van der Waals surface area (Å²) in [5, 5.41) is 8.93. The topological polar surface area (TPSA) is 72.5 Å². The number of esters is 1. The molecule has 1 rings (SSSR count). The first-order chi connectivity index (χ1) is 6.07. The van der Waals surface area contributed by atoms with Gasteiger partial charge in [-0.1, -0.05) is 0 Å². The molecular weight excluding hydrogens is 177 g/mol. The fourth-order valence-electron chi connectivity index (χ4n) is 0.890. The maximum absolute atomic E-state index is 13.1. The maximum Gasteiger partial charge on any atom is 0.343 e. The summed E-state index contributed by atoms with van der Waals surface area (Å²) in [4.78, 5) is 11.0. The molecule has 0 spiro atoms. The molecule has 0 aliphatic heterocycles. The van der Waals surface area contributed by atoms with Crippen LogP contribution in [-0.2, 0) is 4.74 Å². The van der Waals surface area contributed by atoms with Crippen LogP contribution in [0.15, 0.2) is 12.1 Å². The first kappa shape index (κ1) is 9.31. The largest absolute Gasteiger partial charge is 0.505 e. The lowest BCUT2D eigenvalue weighted by atomic mass is 10.1. The minimum Gasteiger partial charge on any atom is -0.505 e. The summed E-state index contributed by atoms with van der Waals surface area (Å²) in [5.74, 6) is -2.60. The fourth-order valence-corrected chi connectivity index (χ4v) is 0.890. The number of rotatable bonds is 1. The lowest BCUT2D eigenvalue weighted by Gasteiger charge is -2.05. The highest BCUT2D eigenvalue weighted by molar-refractivity contribution is 5.95. The second kappa shape index (κ2) is 3.30. The number of ether oxygens (including phenoxy) is 1. The number of anilines is 1. The quantitative estimate of drug-likeness (QED) is 0.387. The van der Waals surface area contributed by atoms with E-state index in [1.807, 2.05) is 0 Å². The molecule has 1 aromatic carbocycles. The third kappa shape index (κ3) is 1.53. The first-order valence-corrected chi connectivity index (χ1v) is 3.43. The van der Waals surface area contributed by atoms with Crippen molar-refractivity contribution in [2.24, 2.45) is 0 Å². The van der Waals surface area contributed by atoms with Gasteiger partial charge in [-0.15, -0.1) is 0 Å². The van der Waals surface area contributed by atoms with Gasteiger partial charge in [0.2, 0.25) is 0 Å². The molecule has 70 valence electrons. The molecule has 0 saturated heterocycles. The molecule has 0 saturated carbocycles. The van der Waals surface area contributed by atoms with Crippen molar-refractivity contribution in [3.63, 3.8) is 0 Å². The van der Waals surface area contributed by atoms with Gasteiger partial charge in [0.05, 0.1) is 7.11 Å². The van der Waals surface area contributed by atoms with E-state index in [1.54, 1.807) is 0 Å². The van der Waals surface area contributed by atoms with Gasteiger partial charge in [-0.2, -0.15) is 0 Å². The standard InChI is InChI=1S/C8H8FNO3/c1-13-8(12)6-4(10)2-3-5(11)7(6)9/h2-3,11H,10H2,1H3. The smallest absolute Gasteiger partial charge is 0.343 e. The normalized spacial score (nSPS) is 9.69. The molecule has 0 fully saturated rings. The van der Waals surface area contributed by atoms with Crippen molar-refractivity contribution in [2.75, 3.05) is 12.8 Å². The third-order valence-corrected chi connectivity index (χ3v) is 1.54. The van der Waals surface area contributed by atoms with Crippen LogP contribution in [0.1, 0.15) is 10.4 Å². The van der Waals surface area contributed by atoms with Crippen molar-refractivity contribution in [1.82, 2.24) is 0 Å². The Balaban J connectivity index is 3.33. The van der Waals surface area contributed by atoms with Gasteiger partial charge in [0.1, 0.15) is 5.56 Å². The number of hydrogen-bond acceptors (Lipinski definition) is 4. The Kier molecular flexibility index (Phi) is 2.36. The molecule has 4 nitrogen and oxygen atoms in total. The van der Waals surface area contributed by atoms with Crippen LogP contribution in [0.3, 0.4) is 0 Å². The summed E-state index contributed by atoms with van der Waals surface area (Å²) in [7, 11) is 1.10. The number of nitrogens with two attached hydrogens (primary N) is 1. The van der Waals surface area contributed by atoms with E-state index in [-0.39, 0.29) is 5.69 Å². The second-order valence-electron chi connectivity index (χ2n) is 2.35. The Labute approximate surface area is 73.7 Å². The van der Waals surface area contributed by atoms with Gasteiger partial charge in [-0.25, -0.2) is 9.18 Å². The number of phenolic OH excluding ortho intramolecular Hbond substituents is 1. The van der Waals surface area contributed by atoms with Crippen molar-refractivity contribution in [2.45, 2.75) is 0 Å². The first-order valence-electron chi connectivity index (χ1n) is 3.43. The number of hydrogen-bond donors (Lipinski definition) is 2. The van der Waals surface area contributed by atoms with Gasteiger partial charge < -0.3 is 15.6 Å². The molecule has 0 heterocycles. The van der Waals surface area contributed by atoms with Crippen LogP contribution in [0, 0.1) is 5.82 Å². The van der Waals surface area contributed by atoms with Crippen LogP contribution >= 0.6 is 0 Å². The molecule has 5 heteroatoms. The Morgan fingerprint density at radius 1 is 1.62 bits per heavy atom. The highest BCUT2D eigenvalue weighted by Gasteiger charge is 2.18. The molecule has 0 atom stereocenters. The Morgan fingerprint density at radius 3 is 2.77 bits per heavy atom. The van der Waals surface area contributed by atoms with E-state index in [4.69, 9.17) is 10.8 Å². The van der Waals surface area contributed by atoms with E-state index in [1.165, 1.54) is 6.07 Å². The number of carbonyl (C=O) groups is 1. The number of aromatic hydroxyl groups is 1. The molecule has 3 N–H and O–H groups in total. The molecule has 0 unspecified atom stereocenters. The summed E-state index contributed by atoms with van der Waals surface area (Å²) >= 11 is 0. The van der Waals surface area contributed by atoms with Crippen molar-refractivity contribution in [3.05, 3.63) is 23.5 Å². The highest BCUT2D eigenvalue weighted by atomic mass is 19.1. The molecule has 1 aromatic rings. The average molecular weight is 185 g/mol. The van der Waals surface area contributed by atoms with E-state index in [0.29, 0.717) is 0 Å². The van der Waals surface area contributed by atoms with E-state index in [9.17, 15) is 9.18 Å².